The molecule has 2 saturated carbocycles. The van der Waals surface area contributed by atoms with Crippen molar-refractivity contribution in [2.75, 3.05) is 33.7 Å². The lowest BCUT2D eigenvalue weighted by atomic mass is 9.55. The zero-order valence-corrected chi connectivity index (χ0v) is 33.6. The predicted molar refractivity (Wildman–Crippen MR) is 220 cm³/mol. The molecule has 0 unspecified atom stereocenters. The summed E-state index contributed by atoms with van der Waals surface area (Å²) in [6.07, 6.45) is 11.4. The second kappa shape index (κ2) is 18.0. The van der Waals surface area contributed by atoms with Crippen LogP contribution in [0, 0.1) is 23.7 Å². The normalized spacial score (nSPS) is 25.6. The third-order valence-electron chi connectivity index (χ3n) is 12.5. The molecule has 12 nitrogen and oxygen atoms in total. The molecule has 3 aromatic carbocycles. The van der Waals surface area contributed by atoms with E-state index in [0.717, 1.165) is 67.2 Å². The van der Waals surface area contributed by atoms with E-state index >= 15 is 0 Å². The van der Waals surface area contributed by atoms with Crippen LogP contribution in [0.4, 0.5) is 0 Å². The fourth-order valence-corrected chi connectivity index (χ4v) is 9.75. The molecule has 3 aromatic rings. The Morgan fingerprint density at radius 1 is 0.966 bits per heavy atom. The van der Waals surface area contributed by atoms with Crippen molar-refractivity contribution in [2.45, 2.75) is 82.1 Å². The smallest absolute Gasteiger partial charge is 0.239 e. The number of benzene rings is 3. The maximum atomic E-state index is 14.8. The van der Waals surface area contributed by atoms with Gasteiger partial charge in [-0.05, 0) is 104 Å². The van der Waals surface area contributed by atoms with E-state index in [-0.39, 0.29) is 62.7 Å². The molecule has 3 aliphatic carbocycles. The summed E-state index contributed by atoms with van der Waals surface area (Å²) in [6, 6.07) is 18.0. The summed E-state index contributed by atoms with van der Waals surface area (Å²) in [5.41, 5.74) is 4.03. The van der Waals surface area contributed by atoms with Crippen molar-refractivity contribution in [2.24, 2.45) is 28.8 Å². The quantitative estimate of drug-likeness (QED) is 0.0535. The second-order valence-corrected chi connectivity index (χ2v) is 16.2. The van der Waals surface area contributed by atoms with Crippen LogP contribution < -0.4 is 18.9 Å². The van der Waals surface area contributed by atoms with Gasteiger partial charge in [-0.1, -0.05) is 48.3 Å². The van der Waals surface area contributed by atoms with Crippen molar-refractivity contribution in [3.8, 4) is 28.7 Å². The molecule has 8 rings (SSSR count). The Morgan fingerprint density at radius 3 is 2.51 bits per heavy atom. The van der Waals surface area contributed by atoms with Crippen molar-refractivity contribution in [3.05, 3.63) is 102 Å². The standard InChI is InChI=1S/C47H54N2O10/c1-3-21-57-47-43(49(46(53)32-14-15-32)27-30-13-17-41-42(23-30)56-29-55-41)26-39(48-54-2)37-24-33(10-4-6-19-50)36(12-5-7-20-51)44(45(37)47)38-25-35(16-18-40(38)59-47)58-34-11-8-9-31(22-34)28-52/h3,8-9,11,13,16-18,22-25,28,32-33,36,43-45,50-51H,1,4-7,10,12,14-15,19-21,26-27,29H2,2H3/t33-,36+,43-,44+,45+,47+/m0/s1. The number of amides is 1. The van der Waals surface area contributed by atoms with Crippen molar-refractivity contribution < 1.29 is 48.3 Å². The first kappa shape index (κ1) is 40.6. The zero-order valence-electron chi connectivity index (χ0n) is 33.6. The number of hydrogen-bond acceptors (Lipinski definition) is 11. The number of aliphatic hydroxyl groups is 2. The summed E-state index contributed by atoms with van der Waals surface area (Å²) < 4.78 is 32.3. The fourth-order valence-electron chi connectivity index (χ4n) is 9.75. The summed E-state index contributed by atoms with van der Waals surface area (Å²) >= 11 is 0. The first-order valence-corrected chi connectivity index (χ1v) is 20.9. The molecule has 5 aliphatic rings. The van der Waals surface area contributed by atoms with Gasteiger partial charge in [0.1, 0.15) is 36.7 Å². The number of allylic oxidation sites excluding steroid dienone is 1. The Hall–Kier alpha value is -5.17. The Labute approximate surface area is 345 Å². The summed E-state index contributed by atoms with van der Waals surface area (Å²) in [5.74, 6) is 1.08. The van der Waals surface area contributed by atoms with Gasteiger partial charge in [-0.15, -0.1) is 6.58 Å². The lowest BCUT2D eigenvalue weighted by molar-refractivity contribution is -0.258. The number of ether oxygens (including phenoxy) is 5. The van der Waals surface area contributed by atoms with E-state index in [4.69, 9.17) is 33.7 Å². The Kier molecular flexibility index (Phi) is 12.4. The first-order chi connectivity index (χ1) is 28.9. The highest BCUT2D eigenvalue weighted by Gasteiger charge is 2.66. The monoisotopic (exact) mass is 806 g/mol. The maximum absolute atomic E-state index is 14.8. The lowest BCUT2D eigenvalue weighted by Gasteiger charge is -2.60. The molecule has 312 valence electrons. The molecule has 0 bridgehead atoms. The van der Waals surface area contributed by atoms with Crippen molar-refractivity contribution >= 4 is 17.9 Å². The molecular weight excluding hydrogens is 753 g/mol. The Balaban J connectivity index is 1.31. The number of oxime groups is 1. The SMILES string of the molecule is C=CCO[C@@]12Oc3ccc(Oc4cccc(C=O)c4)cc3[C@H]3[C@H](CCCCO)[C@@H](CCCCO)C=C(C(=NOC)C[C@@H]1N(Cc1ccc4c(c1)OCO4)C(=O)C1CC1)[C@H]32. The van der Waals surface area contributed by atoms with Crippen LogP contribution in [0.5, 0.6) is 28.7 Å². The van der Waals surface area contributed by atoms with Crippen LogP contribution in [-0.4, -0.2) is 78.6 Å². The second-order valence-electron chi connectivity index (χ2n) is 16.2. The van der Waals surface area contributed by atoms with E-state index in [1.54, 1.807) is 31.4 Å². The van der Waals surface area contributed by atoms with Crippen LogP contribution >= 0.6 is 0 Å². The molecule has 2 fully saturated rings. The molecule has 1 amide bonds. The van der Waals surface area contributed by atoms with Crippen LogP contribution in [0.2, 0.25) is 0 Å². The van der Waals surface area contributed by atoms with Gasteiger partial charge in [0.2, 0.25) is 18.5 Å². The van der Waals surface area contributed by atoms with Crippen LogP contribution in [0.25, 0.3) is 0 Å². The minimum Gasteiger partial charge on any atom is -0.459 e. The maximum Gasteiger partial charge on any atom is 0.239 e. The third-order valence-corrected chi connectivity index (χ3v) is 12.5. The van der Waals surface area contributed by atoms with Gasteiger partial charge in [-0.25, -0.2) is 0 Å². The van der Waals surface area contributed by atoms with Crippen molar-refractivity contribution in [3.63, 3.8) is 0 Å². The Morgan fingerprint density at radius 2 is 1.75 bits per heavy atom. The molecule has 2 N–H and O–H groups in total. The number of unbranched alkanes of at least 4 members (excludes halogenated alkanes) is 2. The van der Waals surface area contributed by atoms with Gasteiger partial charge in [-0.3, -0.25) is 9.59 Å². The first-order valence-electron chi connectivity index (χ1n) is 20.9. The minimum absolute atomic E-state index is 0.0304. The minimum atomic E-state index is -1.38. The van der Waals surface area contributed by atoms with Crippen LogP contribution in [-0.2, 0) is 20.9 Å². The number of fused-ring (bicyclic) bond motifs is 3. The van der Waals surface area contributed by atoms with Gasteiger partial charge in [0.15, 0.2) is 11.5 Å². The lowest BCUT2D eigenvalue weighted by Crippen LogP contribution is -2.70. The largest absolute Gasteiger partial charge is 0.459 e. The van der Waals surface area contributed by atoms with E-state index < -0.39 is 17.7 Å². The van der Waals surface area contributed by atoms with E-state index in [2.05, 4.69) is 12.7 Å². The molecule has 6 atom stereocenters. The van der Waals surface area contributed by atoms with Gasteiger partial charge in [0.05, 0.1) is 18.2 Å². The predicted octanol–water partition coefficient (Wildman–Crippen LogP) is 7.72. The Bertz CT molecular complexity index is 2080. The number of aldehydes is 1. The highest BCUT2D eigenvalue weighted by molar-refractivity contribution is 6.03. The van der Waals surface area contributed by atoms with E-state index in [0.29, 0.717) is 53.6 Å². The van der Waals surface area contributed by atoms with Gasteiger partial charge >= 0.3 is 0 Å². The number of hydrogen-bond donors (Lipinski definition) is 2. The number of nitrogens with zero attached hydrogens (tertiary/aromatic N) is 2. The number of carbonyl (C=O) groups is 2. The fraction of sp³-hybridized carbons (Fsp3) is 0.468. The average molecular weight is 807 g/mol. The average Bonchev–Trinajstić information content (AvgIpc) is 4.00. The number of carbonyl (C=O) groups excluding carboxylic acids is 2. The van der Waals surface area contributed by atoms with Gasteiger partial charge in [0, 0.05) is 49.1 Å². The van der Waals surface area contributed by atoms with Gasteiger partial charge in [-0.2, -0.15) is 0 Å². The topological polar surface area (TPSA) is 146 Å². The summed E-state index contributed by atoms with van der Waals surface area (Å²) in [6.45, 7) is 4.82. The van der Waals surface area contributed by atoms with Crippen LogP contribution in [0.1, 0.15) is 85.2 Å². The zero-order chi connectivity index (χ0) is 40.9. The van der Waals surface area contributed by atoms with Gasteiger partial charge < -0.3 is 43.6 Å². The summed E-state index contributed by atoms with van der Waals surface area (Å²) in [5, 5.41) is 24.5. The summed E-state index contributed by atoms with van der Waals surface area (Å²) in [7, 11) is 1.55. The number of rotatable bonds is 19. The number of aliphatic hydroxyl groups excluding tert-OH is 2. The third kappa shape index (κ3) is 8.22. The molecule has 12 heteroatoms. The molecule has 0 spiro atoms. The van der Waals surface area contributed by atoms with Crippen molar-refractivity contribution in [1.29, 1.82) is 0 Å². The van der Waals surface area contributed by atoms with Gasteiger partial charge in [0.25, 0.3) is 0 Å². The molecular formula is C47H54N2O10. The molecule has 2 heterocycles. The molecule has 0 saturated heterocycles. The highest BCUT2D eigenvalue weighted by Crippen LogP contribution is 2.62. The molecule has 2 aliphatic heterocycles. The van der Waals surface area contributed by atoms with E-state index in [1.807, 2.05) is 47.4 Å². The molecule has 0 radical (unpaired) electrons. The van der Waals surface area contributed by atoms with Crippen molar-refractivity contribution in [1.82, 2.24) is 4.90 Å². The molecule has 59 heavy (non-hydrogen) atoms. The van der Waals surface area contributed by atoms with E-state index in [1.165, 1.54) is 0 Å². The van der Waals surface area contributed by atoms with Crippen LogP contribution in [0.3, 0.4) is 0 Å². The molecule has 0 aromatic heterocycles. The summed E-state index contributed by atoms with van der Waals surface area (Å²) in [4.78, 5) is 33.9. The van der Waals surface area contributed by atoms with E-state index in [9.17, 15) is 19.8 Å². The van der Waals surface area contributed by atoms with Crippen LogP contribution in [0.15, 0.2) is 90.1 Å². The highest BCUT2D eigenvalue weighted by atomic mass is 16.7.